The zero-order chi connectivity index (χ0) is 17.7. The fraction of sp³-hybridized carbons (Fsp3) is 0.0714. The molecule has 0 bridgehead atoms. The lowest BCUT2D eigenvalue weighted by Gasteiger charge is -2.06. The van der Waals surface area contributed by atoms with Crippen molar-refractivity contribution in [1.82, 2.24) is 0 Å². The van der Waals surface area contributed by atoms with Gasteiger partial charge in [-0.15, -0.1) is 0 Å². The molecule has 0 radical (unpaired) electrons. The maximum Gasteiger partial charge on any atom is 0.301 e. The highest BCUT2D eigenvalue weighted by Gasteiger charge is 2.19. The normalized spacial score (nSPS) is 11.2. The third kappa shape index (κ3) is 4.36. The minimum Gasteiger partial charge on any atom is -0.271 e. The molecular formula is C14H10Br2N4O4. The summed E-state index contributed by atoms with van der Waals surface area (Å²) in [7, 11) is 0. The zero-order valence-electron chi connectivity index (χ0n) is 12.0. The fourth-order valence-electron chi connectivity index (χ4n) is 1.82. The van der Waals surface area contributed by atoms with E-state index in [0.29, 0.717) is 11.0 Å². The summed E-state index contributed by atoms with van der Waals surface area (Å²) in [5.74, 6) is 0. The summed E-state index contributed by atoms with van der Waals surface area (Å²) in [6.45, 7) is 0. The van der Waals surface area contributed by atoms with Gasteiger partial charge in [-0.25, -0.2) is 0 Å². The standard InChI is InChI=1S/C14H10Br2N4O4/c15-8-13(9-1-3-10(16)4-2-9)18-17-12-6-5-11(19(21)22)7-14(12)20(23)24/h1-7,17H,8H2. The number of non-ortho nitro benzene ring substituents is 1. The van der Waals surface area contributed by atoms with Crippen LogP contribution in [0.2, 0.25) is 0 Å². The SMILES string of the molecule is O=[N+]([O-])c1ccc(NN=C(CBr)c2ccc(Br)cc2)c([N+](=O)[O-])c1. The summed E-state index contributed by atoms with van der Waals surface area (Å²) >= 11 is 6.66. The van der Waals surface area contributed by atoms with E-state index in [1.807, 2.05) is 24.3 Å². The summed E-state index contributed by atoms with van der Waals surface area (Å²) in [5.41, 5.74) is 3.35. The molecule has 0 aromatic heterocycles. The first-order valence-electron chi connectivity index (χ1n) is 6.49. The number of hydrogen-bond donors (Lipinski definition) is 1. The highest BCUT2D eigenvalue weighted by molar-refractivity contribution is 9.10. The number of nitrogens with one attached hydrogen (secondary N) is 1. The number of rotatable bonds is 6. The molecule has 10 heteroatoms. The second-order valence-electron chi connectivity index (χ2n) is 4.53. The zero-order valence-corrected chi connectivity index (χ0v) is 15.2. The average Bonchev–Trinajstić information content (AvgIpc) is 2.56. The summed E-state index contributed by atoms with van der Waals surface area (Å²) in [6.07, 6.45) is 0. The Morgan fingerprint density at radius 2 is 1.75 bits per heavy atom. The van der Waals surface area contributed by atoms with Crippen LogP contribution in [0, 0.1) is 20.2 Å². The van der Waals surface area contributed by atoms with Gasteiger partial charge in [0.05, 0.1) is 21.6 Å². The van der Waals surface area contributed by atoms with E-state index in [2.05, 4.69) is 42.4 Å². The van der Waals surface area contributed by atoms with Gasteiger partial charge in [-0.1, -0.05) is 44.0 Å². The molecule has 2 aromatic carbocycles. The molecule has 0 unspecified atom stereocenters. The van der Waals surface area contributed by atoms with Crippen molar-refractivity contribution < 1.29 is 9.85 Å². The Labute approximate surface area is 153 Å². The van der Waals surface area contributed by atoms with Gasteiger partial charge in [0.1, 0.15) is 5.69 Å². The minimum atomic E-state index is -0.696. The van der Waals surface area contributed by atoms with E-state index in [4.69, 9.17) is 0 Å². The van der Waals surface area contributed by atoms with Crippen molar-refractivity contribution in [2.45, 2.75) is 0 Å². The van der Waals surface area contributed by atoms with E-state index < -0.39 is 15.5 Å². The summed E-state index contributed by atoms with van der Waals surface area (Å²) in [5, 5.41) is 26.4. The van der Waals surface area contributed by atoms with Crippen LogP contribution in [0.4, 0.5) is 17.1 Å². The number of anilines is 1. The highest BCUT2D eigenvalue weighted by atomic mass is 79.9. The molecule has 0 saturated heterocycles. The molecule has 8 nitrogen and oxygen atoms in total. The van der Waals surface area contributed by atoms with Gasteiger partial charge < -0.3 is 0 Å². The van der Waals surface area contributed by atoms with Gasteiger partial charge >= 0.3 is 5.69 Å². The number of hydrazone groups is 1. The number of hydrogen-bond acceptors (Lipinski definition) is 6. The first-order valence-corrected chi connectivity index (χ1v) is 8.41. The summed E-state index contributed by atoms with van der Waals surface area (Å²) in [6, 6.07) is 10.7. The maximum atomic E-state index is 11.1. The lowest BCUT2D eigenvalue weighted by Crippen LogP contribution is -2.07. The Kier molecular flexibility index (Phi) is 5.99. The number of nitrogens with zero attached hydrogens (tertiary/aromatic N) is 3. The van der Waals surface area contributed by atoms with E-state index in [1.165, 1.54) is 12.1 Å². The molecule has 0 aliphatic heterocycles. The molecule has 0 heterocycles. The van der Waals surface area contributed by atoms with E-state index in [-0.39, 0.29) is 11.4 Å². The first kappa shape index (κ1) is 18.0. The van der Waals surface area contributed by atoms with Crippen molar-refractivity contribution in [3.63, 3.8) is 0 Å². The van der Waals surface area contributed by atoms with E-state index in [9.17, 15) is 20.2 Å². The topological polar surface area (TPSA) is 111 Å². The predicted octanol–water partition coefficient (Wildman–Crippen LogP) is 4.48. The molecule has 124 valence electrons. The minimum absolute atomic E-state index is 0.0705. The Balaban J connectivity index is 2.33. The van der Waals surface area contributed by atoms with Crippen LogP contribution in [0.25, 0.3) is 0 Å². The van der Waals surface area contributed by atoms with Gasteiger partial charge in [-0.2, -0.15) is 5.10 Å². The first-order chi connectivity index (χ1) is 11.4. The molecule has 0 aliphatic carbocycles. The molecule has 24 heavy (non-hydrogen) atoms. The number of benzene rings is 2. The molecule has 2 rings (SSSR count). The van der Waals surface area contributed by atoms with Gasteiger partial charge in [0.25, 0.3) is 5.69 Å². The summed E-state index contributed by atoms with van der Waals surface area (Å²) in [4.78, 5) is 20.5. The van der Waals surface area contributed by atoms with Crippen LogP contribution >= 0.6 is 31.9 Å². The molecule has 0 atom stereocenters. The number of alkyl halides is 1. The predicted molar refractivity (Wildman–Crippen MR) is 97.8 cm³/mol. The molecule has 0 spiro atoms. The van der Waals surface area contributed by atoms with E-state index in [0.717, 1.165) is 16.1 Å². The Morgan fingerprint density at radius 1 is 1.08 bits per heavy atom. The molecule has 0 aliphatic rings. The van der Waals surface area contributed by atoms with Crippen molar-refractivity contribution >= 4 is 54.6 Å². The van der Waals surface area contributed by atoms with Crippen molar-refractivity contribution in [1.29, 1.82) is 0 Å². The van der Waals surface area contributed by atoms with Crippen LogP contribution in [0.15, 0.2) is 52.0 Å². The van der Waals surface area contributed by atoms with Crippen LogP contribution in [0.3, 0.4) is 0 Å². The van der Waals surface area contributed by atoms with Crippen molar-refractivity contribution in [3.05, 3.63) is 72.7 Å². The van der Waals surface area contributed by atoms with E-state index in [1.54, 1.807) is 0 Å². The van der Waals surface area contributed by atoms with Gasteiger partial charge in [0.15, 0.2) is 0 Å². The molecule has 1 N–H and O–H groups in total. The third-order valence-electron chi connectivity index (χ3n) is 3.00. The van der Waals surface area contributed by atoms with Crippen molar-refractivity contribution in [2.75, 3.05) is 10.8 Å². The molecule has 0 saturated carbocycles. The van der Waals surface area contributed by atoms with Gasteiger partial charge in [0, 0.05) is 15.9 Å². The second-order valence-corrected chi connectivity index (χ2v) is 6.00. The summed E-state index contributed by atoms with van der Waals surface area (Å²) < 4.78 is 0.916. The molecule has 0 fully saturated rings. The molecule has 2 aromatic rings. The molecule has 0 amide bonds. The second kappa shape index (κ2) is 7.97. The molecular weight excluding hydrogens is 448 g/mol. The largest absolute Gasteiger partial charge is 0.301 e. The smallest absolute Gasteiger partial charge is 0.271 e. The van der Waals surface area contributed by atoms with Crippen LogP contribution in [0.5, 0.6) is 0 Å². The van der Waals surface area contributed by atoms with Gasteiger partial charge in [0.2, 0.25) is 0 Å². The lowest BCUT2D eigenvalue weighted by atomic mass is 10.1. The van der Waals surface area contributed by atoms with E-state index >= 15 is 0 Å². The maximum absolute atomic E-state index is 11.1. The number of halogens is 2. The van der Waals surface area contributed by atoms with Crippen LogP contribution < -0.4 is 5.43 Å². The number of nitro benzene ring substituents is 2. The number of nitro groups is 2. The Morgan fingerprint density at radius 3 is 2.29 bits per heavy atom. The van der Waals surface area contributed by atoms with Crippen LogP contribution in [0.1, 0.15) is 5.56 Å². The third-order valence-corrected chi connectivity index (χ3v) is 4.06. The highest BCUT2D eigenvalue weighted by Crippen LogP contribution is 2.29. The fourth-order valence-corrected chi connectivity index (χ4v) is 2.53. The van der Waals surface area contributed by atoms with Crippen molar-refractivity contribution in [2.24, 2.45) is 5.10 Å². The Hall–Kier alpha value is -2.33. The monoisotopic (exact) mass is 456 g/mol. The quantitative estimate of drug-likeness (QED) is 0.297. The Bertz CT molecular complexity index is 809. The average molecular weight is 458 g/mol. The van der Waals surface area contributed by atoms with Gasteiger partial charge in [-0.05, 0) is 23.8 Å². The van der Waals surface area contributed by atoms with Crippen LogP contribution in [-0.4, -0.2) is 20.9 Å². The lowest BCUT2D eigenvalue weighted by molar-refractivity contribution is -0.393. The van der Waals surface area contributed by atoms with Crippen LogP contribution in [-0.2, 0) is 0 Å². The van der Waals surface area contributed by atoms with Gasteiger partial charge in [-0.3, -0.25) is 25.7 Å². The van der Waals surface area contributed by atoms with Crippen molar-refractivity contribution in [3.8, 4) is 0 Å².